The maximum absolute atomic E-state index is 15.9. The second-order valence-electron chi connectivity index (χ2n) is 17.2. The number of piperazine rings is 1. The standard InChI is InChI=1S/C50H50F3N5O7/c1-48(2,3)64-45(60)56-27-28-57(46(61)63-33-34-13-9-7-10-14-34)40(32-56)25-26-41-42(53)30-54-31-43(41)55-44(59)29-50(35-17-21-37(51)22-18-35,36-19-23-38(52)24-20-36)58(39-15-11-8-12-16-39)47(62)65-49(4,5)6/h7-24,30-31,40H,27-29,32-33H2,1-6H3,(H,55,59). The molecule has 1 aromatic heterocycles. The number of nitrogens with one attached hydrogen (secondary N) is 1. The molecule has 4 amide bonds. The van der Waals surface area contributed by atoms with E-state index in [4.69, 9.17) is 14.2 Å². The Morgan fingerprint density at radius 3 is 1.88 bits per heavy atom. The van der Waals surface area contributed by atoms with Crippen LogP contribution in [0.3, 0.4) is 0 Å². The van der Waals surface area contributed by atoms with Gasteiger partial charge < -0.3 is 24.4 Å². The molecule has 0 bridgehead atoms. The molecule has 0 radical (unpaired) electrons. The number of carbonyl (C=O) groups is 4. The number of amides is 4. The van der Waals surface area contributed by atoms with Crippen LogP contribution in [0, 0.1) is 29.3 Å². The van der Waals surface area contributed by atoms with Crippen LogP contribution < -0.4 is 10.2 Å². The molecule has 15 heteroatoms. The van der Waals surface area contributed by atoms with Gasteiger partial charge in [-0.1, -0.05) is 84.6 Å². The molecular weight excluding hydrogens is 840 g/mol. The minimum Gasteiger partial charge on any atom is -0.445 e. The Bertz CT molecular complexity index is 2490. The normalized spacial score (nSPS) is 14.1. The zero-order valence-corrected chi connectivity index (χ0v) is 36.9. The predicted molar refractivity (Wildman–Crippen MR) is 238 cm³/mol. The van der Waals surface area contributed by atoms with Crippen LogP contribution in [0.5, 0.6) is 0 Å². The first-order valence-corrected chi connectivity index (χ1v) is 20.8. The van der Waals surface area contributed by atoms with E-state index in [0.29, 0.717) is 0 Å². The monoisotopic (exact) mass is 889 g/mol. The quantitative estimate of drug-likeness (QED) is 0.114. The van der Waals surface area contributed by atoms with E-state index in [1.54, 1.807) is 84.0 Å². The molecule has 12 nitrogen and oxygen atoms in total. The minimum absolute atomic E-state index is 0.0129. The van der Waals surface area contributed by atoms with Crippen molar-refractivity contribution in [3.63, 3.8) is 0 Å². The van der Waals surface area contributed by atoms with Crippen molar-refractivity contribution in [2.75, 3.05) is 29.9 Å². The average molecular weight is 890 g/mol. The number of nitrogens with zero attached hydrogens (tertiary/aromatic N) is 4. The lowest BCUT2D eigenvalue weighted by Crippen LogP contribution is -2.56. The highest BCUT2D eigenvalue weighted by Crippen LogP contribution is 2.44. The van der Waals surface area contributed by atoms with Crippen molar-refractivity contribution in [3.05, 3.63) is 161 Å². The van der Waals surface area contributed by atoms with Gasteiger partial charge in [-0.15, -0.1) is 0 Å². The molecular formula is C50H50F3N5O7. The Labute approximate surface area is 376 Å². The third-order valence-corrected chi connectivity index (χ3v) is 10.0. The van der Waals surface area contributed by atoms with Gasteiger partial charge in [-0.25, -0.2) is 27.6 Å². The average Bonchev–Trinajstić information content (AvgIpc) is 3.25. The second kappa shape index (κ2) is 20.0. The van der Waals surface area contributed by atoms with Crippen LogP contribution in [0.25, 0.3) is 0 Å². The predicted octanol–water partition coefficient (Wildman–Crippen LogP) is 9.82. The van der Waals surface area contributed by atoms with Gasteiger partial charge in [0.2, 0.25) is 5.91 Å². The van der Waals surface area contributed by atoms with Crippen LogP contribution in [0.1, 0.15) is 70.2 Å². The lowest BCUT2D eigenvalue weighted by Gasteiger charge is -2.44. The summed E-state index contributed by atoms with van der Waals surface area (Å²) in [6.45, 7) is 10.2. The molecule has 1 saturated heterocycles. The van der Waals surface area contributed by atoms with Crippen LogP contribution >= 0.6 is 0 Å². The number of para-hydroxylation sites is 1. The van der Waals surface area contributed by atoms with Crippen molar-refractivity contribution >= 4 is 35.6 Å². The lowest BCUT2D eigenvalue weighted by atomic mass is 9.77. The smallest absolute Gasteiger partial charge is 0.415 e. The lowest BCUT2D eigenvalue weighted by molar-refractivity contribution is -0.117. The van der Waals surface area contributed by atoms with Gasteiger partial charge >= 0.3 is 18.3 Å². The highest BCUT2D eigenvalue weighted by atomic mass is 19.1. The number of halogens is 3. The van der Waals surface area contributed by atoms with Crippen LogP contribution in [0.2, 0.25) is 0 Å². The molecule has 2 heterocycles. The van der Waals surface area contributed by atoms with Crippen LogP contribution in [-0.4, -0.2) is 75.8 Å². The number of ether oxygens (including phenoxy) is 3. The van der Waals surface area contributed by atoms with Gasteiger partial charge in [0.1, 0.15) is 41.0 Å². The highest BCUT2D eigenvalue weighted by Gasteiger charge is 2.48. The fourth-order valence-corrected chi connectivity index (χ4v) is 7.18. The summed E-state index contributed by atoms with van der Waals surface area (Å²) in [4.78, 5) is 64.0. The first-order valence-electron chi connectivity index (χ1n) is 20.8. The summed E-state index contributed by atoms with van der Waals surface area (Å²) in [6, 6.07) is 26.7. The van der Waals surface area contributed by atoms with Crippen molar-refractivity contribution in [2.24, 2.45) is 0 Å². The van der Waals surface area contributed by atoms with E-state index in [2.05, 4.69) is 22.1 Å². The van der Waals surface area contributed by atoms with Gasteiger partial charge in [0.15, 0.2) is 5.82 Å². The molecule has 65 heavy (non-hydrogen) atoms. The van der Waals surface area contributed by atoms with E-state index in [0.717, 1.165) is 11.8 Å². The van der Waals surface area contributed by atoms with Crippen molar-refractivity contribution in [2.45, 2.75) is 77.4 Å². The molecule has 338 valence electrons. The maximum atomic E-state index is 15.9. The number of rotatable bonds is 9. The number of hydrogen-bond acceptors (Lipinski definition) is 8. The molecule has 6 rings (SSSR count). The van der Waals surface area contributed by atoms with Gasteiger partial charge in [0, 0.05) is 18.8 Å². The molecule has 4 aromatic carbocycles. The SMILES string of the molecule is CC(C)(C)OC(=O)N1CCN(C(=O)OCc2ccccc2)C(C#Cc2c(F)cncc2NC(=O)CC(c2ccc(F)cc2)(c2ccc(F)cc2)N(C(=O)OC(C)(C)C)c2ccccc2)C1. The van der Waals surface area contributed by atoms with Crippen LogP contribution in [0.4, 0.5) is 38.9 Å². The first-order chi connectivity index (χ1) is 30.8. The van der Waals surface area contributed by atoms with Gasteiger partial charge in [-0.3, -0.25) is 19.6 Å². The van der Waals surface area contributed by atoms with Crippen molar-refractivity contribution < 1.29 is 46.6 Å². The zero-order chi connectivity index (χ0) is 46.9. The summed E-state index contributed by atoms with van der Waals surface area (Å²) in [5.41, 5.74) is -2.66. The van der Waals surface area contributed by atoms with Crippen molar-refractivity contribution in [1.82, 2.24) is 14.8 Å². The largest absolute Gasteiger partial charge is 0.445 e. The van der Waals surface area contributed by atoms with Crippen LogP contribution in [-0.2, 0) is 31.2 Å². The molecule has 0 spiro atoms. The molecule has 1 aliphatic heterocycles. The highest BCUT2D eigenvalue weighted by molar-refractivity contribution is 5.97. The Balaban J connectivity index is 1.41. The summed E-state index contributed by atoms with van der Waals surface area (Å²) in [5, 5.41) is 2.71. The third kappa shape index (κ3) is 12.0. The molecule has 1 unspecified atom stereocenters. The Kier molecular flexibility index (Phi) is 14.5. The number of benzene rings is 4. The van der Waals surface area contributed by atoms with Gasteiger partial charge in [0.25, 0.3) is 0 Å². The summed E-state index contributed by atoms with van der Waals surface area (Å²) in [7, 11) is 0. The first kappa shape index (κ1) is 47.1. The molecule has 1 atom stereocenters. The number of anilines is 2. The van der Waals surface area contributed by atoms with E-state index in [9.17, 15) is 28.0 Å². The summed E-state index contributed by atoms with van der Waals surface area (Å²) < 4.78 is 62.3. The molecule has 0 aliphatic carbocycles. The number of hydrogen-bond donors (Lipinski definition) is 1. The van der Waals surface area contributed by atoms with Crippen LogP contribution in [0.15, 0.2) is 122 Å². The van der Waals surface area contributed by atoms with E-state index < -0.39 is 70.8 Å². The van der Waals surface area contributed by atoms with E-state index in [1.165, 1.54) is 69.4 Å². The topological polar surface area (TPSA) is 131 Å². The molecule has 1 N–H and O–H groups in total. The summed E-state index contributed by atoms with van der Waals surface area (Å²) >= 11 is 0. The zero-order valence-electron chi connectivity index (χ0n) is 36.9. The maximum Gasteiger partial charge on any atom is 0.415 e. The Hall–Kier alpha value is -7.34. The Morgan fingerprint density at radius 2 is 1.31 bits per heavy atom. The second-order valence-corrected chi connectivity index (χ2v) is 17.2. The van der Waals surface area contributed by atoms with Gasteiger partial charge in [-0.05, 0) is 94.6 Å². The fourth-order valence-electron chi connectivity index (χ4n) is 7.18. The fraction of sp³-hybridized carbons (Fsp3) is 0.300. The molecule has 1 aliphatic rings. The number of aromatic nitrogens is 1. The molecule has 5 aromatic rings. The Morgan fingerprint density at radius 1 is 0.738 bits per heavy atom. The summed E-state index contributed by atoms with van der Waals surface area (Å²) in [6.07, 6.45) is -0.760. The molecule has 0 saturated carbocycles. The van der Waals surface area contributed by atoms with E-state index >= 15 is 4.39 Å². The number of pyridine rings is 1. The van der Waals surface area contributed by atoms with Gasteiger partial charge in [0.05, 0.1) is 36.6 Å². The third-order valence-electron chi connectivity index (χ3n) is 10.0. The summed E-state index contributed by atoms with van der Waals surface area (Å²) in [5.74, 6) is 2.79. The number of carbonyl (C=O) groups excluding carboxylic acids is 4. The van der Waals surface area contributed by atoms with Crippen molar-refractivity contribution in [3.8, 4) is 11.8 Å². The molecule has 1 fully saturated rings. The van der Waals surface area contributed by atoms with Crippen molar-refractivity contribution in [1.29, 1.82) is 0 Å². The van der Waals surface area contributed by atoms with E-state index in [-0.39, 0.29) is 54.3 Å². The minimum atomic E-state index is -1.87. The van der Waals surface area contributed by atoms with Gasteiger partial charge in [-0.2, -0.15) is 0 Å². The van der Waals surface area contributed by atoms with E-state index in [1.807, 2.05) is 18.2 Å².